The Labute approximate surface area is 184 Å². The number of amides is 1. The number of rotatable bonds is 7. The molecule has 0 radical (unpaired) electrons. The molecule has 8 nitrogen and oxygen atoms in total. The van der Waals surface area contributed by atoms with Gasteiger partial charge in [-0.3, -0.25) is 9.59 Å². The fourth-order valence-corrected chi connectivity index (χ4v) is 3.25. The molecule has 2 aromatic carbocycles. The second-order valence-corrected chi connectivity index (χ2v) is 7.10. The van der Waals surface area contributed by atoms with Gasteiger partial charge in [-0.25, -0.2) is 0 Å². The third-order valence-corrected chi connectivity index (χ3v) is 4.83. The summed E-state index contributed by atoms with van der Waals surface area (Å²) in [4.78, 5) is 29.8. The summed E-state index contributed by atoms with van der Waals surface area (Å²) in [5.41, 5.74) is 2.27. The molecule has 8 heteroatoms. The predicted molar refractivity (Wildman–Crippen MR) is 120 cm³/mol. The second kappa shape index (κ2) is 9.30. The van der Waals surface area contributed by atoms with Crippen LogP contribution < -0.4 is 15.6 Å². The topological polar surface area (TPSA) is 99.2 Å². The Morgan fingerprint density at radius 3 is 2.56 bits per heavy atom. The molecule has 0 saturated heterocycles. The SMILES string of the molecule is CCOc1ccc(NC(=O)Cn2cccc(-c3nc(-c4ccccc4C)no3)c2=O)cc1. The zero-order chi connectivity index (χ0) is 22.5. The molecule has 2 aromatic heterocycles. The lowest BCUT2D eigenvalue weighted by atomic mass is 10.1. The van der Waals surface area contributed by atoms with Gasteiger partial charge >= 0.3 is 0 Å². The summed E-state index contributed by atoms with van der Waals surface area (Å²) in [6.07, 6.45) is 1.54. The van der Waals surface area contributed by atoms with Gasteiger partial charge in [0.2, 0.25) is 11.7 Å². The van der Waals surface area contributed by atoms with E-state index in [4.69, 9.17) is 9.26 Å². The molecule has 4 rings (SSSR count). The van der Waals surface area contributed by atoms with Crippen molar-refractivity contribution in [2.24, 2.45) is 0 Å². The van der Waals surface area contributed by atoms with Gasteiger partial charge < -0.3 is 19.1 Å². The van der Waals surface area contributed by atoms with Crippen LogP contribution in [0.3, 0.4) is 0 Å². The molecule has 0 aliphatic heterocycles. The summed E-state index contributed by atoms with van der Waals surface area (Å²) < 4.78 is 12.0. The van der Waals surface area contributed by atoms with Crippen molar-refractivity contribution in [3.63, 3.8) is 0 Å². The van der Waals surface area contributed by atoms with E-state index in [1.807, 2.05) is 38.1 Å². The largest absolute Gasteiger partial charge is 0.494 e. The number of nitrogens with zero attached hydrogens (tertiary/aromatic N) is 3. The highest BCUT2D eigenvalue weighted by molar-refractivity contribution is 5.90. The van der Waals surface area contributed by atoms with Crippen LogP contribution in [0.1, 0.15) is 12.5 Å². The van der Waals surface area contributed by atoms with Crippen molar-refractivity contribution in [1.29, 1.82) is 0 Å². The first-order valence-electron chi connectivity index (χ1n) is 10.2. The van der Waals surface area contributed by atoms with Crippen LogP contribution in [0.15, 0.2) is 76.2 Å². The first-order valence-corrected chi connectivity index (χ1v) is 10.2. The van der Waals surface area contributed by atoms with Crippen molar-refractivity contribution >= 4 is 11.6 Å². The highest BCUT2D eigenvalue weighted by Gasteiger charge is 2.16. The summed E-state index contributed by atoms with van der Waals surface area (Å²) in [5.74, 6) is 0.897. The van der Waals surface area contributed by atoms with E-state index in [0.29, 0.717) is 18.1 Å². The molecule has 0 bridgehead atoms. The number of nitrogens with one attached hydrogen (secondary N) is 1. The Morgan fingerprint density at radius 2 is 1.81 bits per heavy atom. The number of aromatic nitrogens is 3. The molecule has 4 aromatic rings. The lowest BCUT2D eigenvalue weighted by Gasteiger charge is -2.09. The molecular formula is C24H22N4O4. The van der Waals surface area contributed by atoms with Crippen molar-refractivity contribution in [2.75, 3.05) is 11.9 Å². The van der Waals surface area contributed by atoms with Crippen LogP contribution in [-0.4, -0.2) is 27.2 Å². The minimum atomic E-state index is -0.394. The highest BCUT2D eigenvalue weighted by atomic mass is 16.5. The van der Waals surface area contributed by atoms with Crippen LogP contribution in [0.4, 0.5) is 5.69 Å². The maximum atomic E-state index is 12.9. The average Bonchev–Trinajstić information content (AvgIpc) is 3.27. The molecular weight excluding hydrogens is 408 g/mol. The maximum Gasteiger partial charge on any atom is 0.263 e. The molecule has 0 aliphatic carbocycles. The second-order valence-electron chi connectivity index (χ2n) is 7.10. The van der Waals surface area contributed by atoms with E-state index in [1.54, 1.807) is 42.6 Å². The number of aryl methyl sites for hydroxylation is 1. The number of benzene rings is 2. The number of ether oxygens (including phenoxy) is 1. The van der Waals surface area contributed by atoms with Gasteiger partial charge in [0.1, 0.15) is 17.9 Å². The third kappa shape index (κ3) is 4.59. The lowest BCUT2D eigenvalue weighted by molar-refractivity contribution is -0.116. The Balaban J connectivity index is 1.51. The fourth-order valence-electron chi connectivity index (χ4n) is 3.25. The summed E-state index contributed by atoms with van der Waals surface area (Å²) >= 11 is 0. The summed E-state index contributed by atoms with van der Waals surface area (Å²) in [6.45, 7) is 4.26. The van der Waals surface area contributed by atoms with Crippen molar-refractivity contribution in [3.05, 3.63) is 82.8 Å². The smallest absolute Gasteiger partial charge is 0.263 e. The van der Waals surface area contributed by atoms with E-state index in [1.165, 1.54) is 4.57 Å². The molecule has 0 spiro atoms. The predicted octanol–water partition coefficient (Wildman–Crippen LogP) is 3.91. The van der Waals surface area contributed by atoms with E-state index in [-0.39, 0.29) is 23.9 Å². The van der Waals surface area contributed by atoms with Crippen LogP contribution in [0.2, 0.25) is 0 Å². The fraction of sp³-hybridized carbons (Fsp3) is 0.167. The lowest BCUT2D eigenvalue weighted by Crippen LogP contribution is -2.28. The quantitative estimate of drug-likeness (QED) is 0.477. The molecule has 0 aliphatic rings. The van der Waals surface area contributed by atoms with Gasteiger partial charge in [-0.05, 0) is 55.8 Å². The van der Waals surface area contributed by atoms with Crippen LogP contribution in [0, 0.1) is 6.92 Å². The highest BCUT2D eigenvalue weighted by Crippen LogP contribution is 2.23. The number of hydrogen-bond donors (Lipinski definition) is 1. The van der Waals surface area contributed by atoms with Gasteiger partial charge in [0.15, 0.2) is 0 Å². The number of pyridine rings is 1. The number of carbonyl (C=O) groups is 1. The maximum absolute atomic E-state index is 12.9. The van der Waals surface area contributed by atoms with Crippen LogP contribution >= 0.6 is 0 Å². The van der Waals surface area contributed by atoms with Gasteiger partial charge in [0, 0.05) is 17.4 Å². The van der Waals surface area contributed by atoms with Gasteiger partial charge in [0.05, 0.1) is 6.61 Å². The third-order valence-electron chi connectivity index (χ3n) is 4.83. The van der Waals surface area contributed by atoms with Crippen LogP contribution in [0.25, 0.3) is 22.8 Å². The van der Waals surface area contributed by atoms with Crippen molar-refractivity contribution < 1.29 is 14.1 Å². The van der Waals surface area contributed by atoms with E-state index in [0.717, 1.165) is 16.9 Å². The summed E-state index contributed by atoms with van der Waals surface area (Å²) in [5, 5.41) is 6.78. The monoisotopic (exact) mass is 430 g/mol. The molecule has 2 heterocycles. The van der Waals surface area contributed by atoms with Crippen molar-refractivity contribution in [1.82, 2.24) is 14.7 Å². The molecule has 1 N–H and O–H groups in total. The van der Waals surface area contributed by atoms with Gasteiger partial charge in [0.25, 0.3) is 11.4 Å². The zero-order valence-corrected chi connectivity index (χ0v) is 17.7. The minimum absolute atomic E-state index is 0.106. The average molecular weight is 430 g/mol. The van der Waals surface area contributed by atoms with E-state index >= 15 is 0 Å². The number of carbonyl (C=O) groups excluding carboxylic acids is 1. The Hall–Kier alpha value is -4.20. The van der Waals surface area contributed by atoms with Crippen LogP contribution in [0.5, 0.6) is 5.75 Å². The van der Waals surface area contributed by atoms with E-state index < -0.39 is 5.56 Å². The standard InChI is InChI=1S/C24H22N4O4/c1-3-31-18-12-10-17(11-13-18)25-21(29)15-28-14-6-9-20(24(28)30)23-26-22(27-32-23)19-8-5-4-7-16(19)2/h4-14H,3,15H2,1-2H3,(H,25,29). The molecule has 162 valence electrons. The Morgan fingerprint density at radius 1 is 1.06 bits per heavy atom. The molecule has 0 fully saturated rings. The summed E-state index contributed by atoms with van der Waals surface area (Å²) in [7, 11) is 0. The van der Waals surface area contributed by atoms with E-state index in [9.17, 15) is 9.59 Å². The molecule has 0 atom stereocenters. The van der Waals surface area contributed by atoms with Gasteiger partial charge in [-0.15, -0.1) is 0 Å². The number of anilines is 1. The van der Waals surface area contributed by atoms with Crippen LogP contribution in [-0.2, 0) is 11.3 Å². The minimum Gasteiger partial charge on any atom is -0.494 e. The molecule has 1 amide bonds. The normalized spacial score (nSPS) is 10.7. The zero-order valence-electron chi connectivity index (χ0n) is 17.7. The van der Waals surface area contributed by atoms with Crippen molar-refractivity contribution in [2.45, 2.75) is 20.4 Å². The summed E-state index contributed by atoms with van der Waals surface area (Å²) in [6, 6.07) is 17.9. The Bertz CT molecular complexity index is 1290. The molecule has 0 saturated carbocycles. The van der Waals surface area contributed by atoms with Gasteiger partial charge in [-0.1, -0.05) is 29.4 Å². The molecule has 0 unspecified atom stereocenters. The Kier molecular flexibility index (Phi) is 6.12. The number of hydrogen-bond acceptors (Lipinski definition) is 6. The van der Waals surface area contributed by atoms with Gasteiger partial charge in [-0.2, -0.15) is 4.98 Å². The molecule has 32 heavy (non-hydrogen) atoms. The van der Waals surface area contributed by atoms with Crippen molar-refractivity contribution in [3.8, 4) is 28.6 Å². The van der Waals surface area contributed by atoms with E-state index in [2.05, 4.69) is 15.5 Å². The first-order chi connectivity index (χ1) is 15.5. The first kappa shape index (κ1) is 21.0.